The summed E-state index contributed by atoms with van der Waals surface area (Å²) >= 11 is 0. The molecule has 0 saturated heterocycles. The van der Waals surface area contributed by atoms with Gasteiger partial charge in [-0.25, -0.2) is 4.39 Å². The van der Waals surface area contributed by atoms with Gasteiger partial charge >= 0.3 is 12.4 Å². The zero-order valence-electron chi connectivity index (χ0n) is 10.7. The van der Waals surface area contributed by atoms with Gasteiger partial charge < -0.3 is 10.1 Å². The lowest BCUT2D eigenvalue weighted by atomic mass is 10.1. The molecule has 1 rings (SSSR count). The average Bonchev–Trinajstić information content (AvgIpc) is 2.32. The maximum atomic E-state index is 13.5. The van der Waals surface area contributed by atoms with Crippen molar-refractivity contribution in [2.24, 2.45) is 0 Å². The van der Waals surface area contributed by atoms with E-state index in [9.17, 15) is 30.7 Å². The molecule has 0 fully saturated rings. The lowest BCUT2D eigenvalue weighted by Gasteiger charge is -2.28. The van der Waals surface area contributed by atoms with Crippen LogP contribution < -0.4 is 5.32 Å². The normalized spacial score (nSPS) is 14.5. The molecule has 0 amide bonds. The number of halogens is 7. The summed E-state index contributed by atoms with van der Waals surface area (Å²) in [7, 11) is 1.30. The number of benzene rings is 1. The topological polar surface area (TPSA) is 21.3 Å². The molecular formula is C12H12F7NO. The second-order valence-electron chi connectivity index (χ2n) is 4.17. The molecule has 2 nitrogen and oxygen atoms in total. The zero-order chi connectivity index (χ0) is 16.3. The molecule has 9 heteroatoms. The highest BCUT2D eigenvalue weighted by Gasteiger charge is 2.58. The Morgan fingerprint density at radius 1 is 1.05 bits per heavy atom. The van der Waals surface area contributed by atoms with Gasteiger partial charge in [0.2, 0.25) is 6.10 Å². The summed E-state index contributed by atoms with van der Waals surface area (Å²) in [5.74, 6) is -0.944. The molecule has 0 spiro atoms. The van der Waals surface area contributed by atoms with Crippen LogP contribution in [0.25, 0.3) is 0 Å². The highest BCUT2D eigenvalue weighted by Crippen LogP contribution is 2.38. The number of ether oxygens (including phenoxy) is 1. The molecule has 21 heavy (non-hydrogen) atoms. The maximum Gasteiger partial charge on any atom is 0.423 e. The van der Waals surface area contributed by atoms with Gasteiger partial charge in [0.25, 0.3) is 0 Å². The summed E-state index contributed by atoms with van der Waals surface area (Å²) in [5.41, 5.74) is -0.384. The highest BCUT2D eigenvalue weighted by atomic mass is 19.4. The van der Waals surface area contributed by atoms with Crippen molar-refractivity contribution in [3.63, 3.8) is 0 Å². The van der Waals surface area contributed by atoms with Crippen molar-refractivity contribution in [3.05, 3.63) is 35.6 Å². The van der Waals surface area contributed by atoms with Crippen molar-refractivity contribution in [1.29, 1.82) is 0 Å². The summed E-state index contributed by atoms with van der Waals surface area (Å²) in [6.45, 7) is -0.413. The van der Waals surface area contributed by atoms with Crippen molar-refractivity contribution in [3.8, 4) is 0 Å². The third kappa shape index (κ3) is 4.85. The summed E-state index contributed by atoms with van der Waals surface area (Å²) in [6, 6.07) is 4.56. The van der Waals surface area contributed by atoms with Crippen molar-refractivity contribution < 1.29 is 35.5 Å². The van der Waals surface area contributed by atoms with Crippen LogP contribution in [-0.4, -0.2) is 32.0 Å². The molecular weight excluding hydrogens is 307 g/mol. The predicted octanol–water partition coefficient (Wildman–Crippen LogP) is 3.60. The van der Waals surface area contributed by atoms with E-state index in [4.69, 9.17) is 0 Å². The molecule has 1 atom stereocenters. The fourth-order valence-corrected chi connectivity index (χ4v) is 1.66. The molecule has 0 radical (unpaired) electrons. The average molecular weight is 319 g/mol. The standard InChI is InChI=1S/C12H12F7NO/c1-20-6-9(7-4-2-3-5-8(7)13)21-10(11(14,15)16)12(17,18)19/h2-5,9-10,20H,6H2,1H3. The molecule has 1 unspecified atom stereocenters. The second kappa shape index (κ2) is 6.61. The molecule has 0 saturated carbocycles. The summed E-state index contributed by atoms with van der Waals surface area (Å²) < 4.78 is 92.5. The molecule has 0 aliphatic heterocycles. The Morgan fingerprint density at radius 3 is 2.00 bits per heavy atom. The van der Waals surface area contributed by atoms with Gasteiger partial charge in [-0.05, 0) is 13.1 Å². The van der Waals surface area contributed by atoms with Crippen molar-refractivity contribution >= 4 is 0 Å². The van der Waals surface area contributed by atoms with Gasteiger partial charge in [-0.2, -0.15) is 26.3 Å². The summed E-state index contributed by atoms with van der Waals surface area (Å²) in [6.07, 6.45) is -17.0. The third-order valence-corrected chi connectivity index (χ3v) is 2.54. The lowest BCUT2D eigenvalue weighted by Crippen LogP contribution is -2.46. The number of alkyl halides is 6. The molecule has 1 aromatic carbocycles. The number of nitrogens with one attached hydrogen (secondary N) is 1. The van der Waals surface area contributed by atoms with Crippen molar-refractivity contribution in [2.75, 3.05) is 13.6 Å². The van der Waals surface area contributed by atoms with E-state index in [1.807, 2.05) is 0 Å². The number of hydrogen-bond acceptors (Lipinski definition) is 2. The van der Waals surface area contributed by atoms with Gasteiger partial charge in [0, 0.05) is 12.1 Å². The monoisotopic (exact) mass is 319 g/mol. The van der Waals surface area contributed by atoms with Gasteiger partial charge in [0.1, 0.15) is 5.82 Å². The van der Waals surface area contributed by atoms with E-state index in [1.165, 1.54) is 19.2 Å². The van der Waals surface area contributed by atoms with Crippen LogP contribution in [0.15, 0.2) is 24.3 Å². The van der Waals surface area contributed by atoms with E-state index in [1.54, 1.807) is 0 Å². The van der Waals surface area contributed by atoms with E-state index in [0.29, 0.717) is 0 Å². The van der Waals surface area contributed by atoms with E-state index in [-0.39, 0.29) is 5.56 Å². The fourth-order valence-electron chi connectivity index (χ4n) is 1.66. The predicted molar refractivity (Wildman–Crippen MR) is 60.1 cm³/mol. The van der Waals surface area contributed by atoms with Crippen LogP contribution in [0, 0.1) is 5.82 Å². The van der Waals surface area contributed by atoms with E-state index >= 15 is 0 Å². The van der Waals surface area contributed by atoms with Gasteiger partial charge in [-0.3, -0.25) is 0 Å². The molecule has 0 aliphatic carbocycles. The Morgan fingerprint density at radius 2 is 1.57 bits per heavy atom. The lowest BCUT2D eigenvalue weighted by molar-refractivity contribution is -0.331. The Labute approximate surface area is 115 Å². The van der Waals surface area contributed by atoms with Crippen LogP contribution in [0.5, 0.6) is 0 Å². The Kier molecular flexibility index (Phi) is 5.57. The number of rotatable bonds is 5. The third-order valence-electron chi connectivity index (χ3n) is 2.54. The highest BCUT2D eigenvalue weighted by molar-refractivity contribution is 5.20. The number of likely N-dealkylation sites (N-methyl/N-ethyl adjacent to an activating group) is 1. The minimum atomic E-state index is -5.64. The number of hydrogen-bond donors (Lipinski definition) is 1. The van der Waals surface area contributed by atoms with Gasteiger partial charge in [-0.1, -0.05) is 18.2 Å². The van der Waals surface area contributed by atoms with Gasteiger partial charge in [0.05, 0.1) is 6.10 Å². The van der Waals surface area contributed by atoms with Crippen LogP contribution >= 0.6 is 0 Å². The Hall–Kier alpha value is -1.35. The Balaban J connectivity index is 3.09. The van der Waals surface area contributed by atoms with Gasteiger partial charge in [-0.15, -0.1) is 0 Å². The second-order valence-corrected chi connectivity index (χ2v) is 4.17. The smallest absolute Gasteiger partial charge is 0.351 e. The van der Waals surface area contributed by atoms with Gasteiger partial charge in [0.15, 0.2) is 0 Å². The van der Waals surface area contributed by atoms with Crippen LogP contribution in [0.1, 0.15) is 11.7 Å². The van der Waals surface area contributed by atoms with E-state index < -0.39 is 36.9 Å². The first-order valence-corrected chi connectivity index (χ1v) is 5.75. The zero-order valence-corrected chi connectivity index (χ0v) is 10.7. The quantitative estimate of drug-likeness (QED) is 0.838. The largest absolute Gasteiger partial charge is 0.423 e. The van der Waals surface area contributed by atoms with Crippen molar-refractivity contribution in [1.82, 2.24) is 5.32 Å². The van der Waals surface area contributed by atoms with Crippen LogP contribution in [0.4, 0.5) is 30.7 Å². The first-order chi connectivity index (χ1) is 9.57. The maximum absolute atomic E-state index is 13.5. The minimum absolute atomic E-state index is 0.384. The minimum Gasteiger partial charge on any atom is -0.351 e. The molecule has 120 valence electrons. The molecule has 0 bridgehead atoms. The molecule has 0 heterocycles. The first-order valence-electron chi connectivity index (χ1n) is 5.75. The SMILES string of the molecule is CNCC(OC(C(F)(F)F)C(F)(F)F)c1ccccc1F. The fraction of sp³-hybridized carbons (Fsp3) is 0.500. The molecule has 1 aromatic rings. The molecule has 0 aliphatic rings. The van der Waals surface area contributed by atoms with E-state index in [0.717, 1.165) is 12.1 Å². The van der Waals surface area contributed by atoms with Crippen LogP contribution in [-0.2, 0) is 4.74 Å². The molecule has 0 aromatic heterocycles. The van der Waals surface area contributed by atoms with Crippen molar-refractivity contribution in [2.45, 2.75) is 24.6 Å². The molecule has 1 N–H and O–H groups in total. The van der Waals surface area contributed by atoms with Crippen LogP contribution in [0.3, 0.4) is 0 Å². The van der Waals surface area contributed by atoms with E-state index in [2.05, 4.69) is 10.1 Å². The van der Waals surface area contributed by atoms with Crippen LogP contribution in [0.2, 0.25) is 0 Å². The Bertz CT molecular complexity index is 444. The first kappa shape index (κ1) is 17.7. The summed E-state index contributed by atoms with van der Waals surface area (Å²) in [5, 5.41) is 2.38. The summed E-state index contributed by atoms with van der Waals surface area (Å²) in [4.78, 5) is 0.